The van der Waals surface area contributed by atoms with Crippen molar-refractivity contribution in [2.75, 3.05) is 6.54 Å². The fourth-order valence-electron chi connectivity index (χ4n) is 2.56. The highest BCUT2D eigenvalue weighted by molar-refractivity contribution is 9.10. The lowest BCUT2D eigenvalue weighted by atomic mass is 10.2. The van der Waals surface area contributed by atoms with Crippen molar-refractivity contribution < 1.29 is 9.59 Å². The number of carbonyl (C=O) groups excluding carboxylic acids is 2. The van der Waals surface area contributed by atoms with Gasteiger partial charge in [0.25, 0.3) is 5.56 Å². The lowest BCUT2D eigenvalue weighted by Crippen LogP contribution is -2.35. The number of hydrogen-bond acceptors (Lipinski definition) is 5. The lowest BCUT2D eigenvalue weighted by Gasteiger charge is -2.09. The maximum absolute atomic E-state index is 12.5. The lowest BCUT2D eigenvalue weighted by molar-refractivity contribution is -0.122. The Labute approximate surface area is 169 Å². The average Bonchev–Trinajstić information content (AvgIpc) is 2.70. The molecule has 3 rings (SSSR count). The maximum Gasteiger partial charge on any atom is 0.261 e. The molecule has 144 valence electrons. The van der Waals surface area contributed by atoms with E-state index in [-0.39, 0.29) is 36.9 Å². The molecule has 0 unspecified atom stereocenters. The van der Waals surface area contributed by atoms with Crippen molar-refractivity contribution in [1.82, 2.24) is 25.2 Å². The number of benzene rings is 1. The molecular weight excluding hydrogens is 426 g/mol. The van der Waals surface area contributed by atoms with Gasteiger partial charge in [-0.1, -0.05) is 15.9 Å². The second-order valence-electron chi connectivity index (χ2n) is 6.07. The van der Waals surface area contributed by atoms with Crippen LogP contribution in [0.2, 0.25) is 0 Å². The molecule has 28 heavy (non-hydrogen) atoms. The standard InChI is InChI=1S/C19H18BrN5O3/c20-14-1-2-16-15(9-14)19(28)25(12-24-16)11-18(27)22-8-5-17(26)23-10-13-3-6-21-7-4-13/h1-4,6-7,9,12H,5,8,10-11H2,(H,22,27)(H,23,26). The van der Waals surface area contributed by atoms with E-state index in [1.807, 2.05) is 12.1 Å². The molecule has 2 heterocycles. The number of amides is 2. The number of rotatable bonds is 7. The van der Waals surface area contributed by atoms with Gasteiger partial charge >= 0.3 is 0 Å². The van der Waals surface area contributed by atoms with Gasteiger partial charge < -0.3 is 10.6 Å². The van der Waals surface area contributed by atoms with Gasteiger partial charge in [-0.3, -0.25) is 23.9 Å². The Morgan fingerprint density at radius 3 is 2.64 bits per heavy atom. The second kappa shape index (κ2) is 9.23. The Kier molecular flexibility index (Phi) is 6.49. The first-order valence-corrected chi connectivity index (χ1v) is 9.39. The molecule has 0 aliphatic carbocycles. The van der Waals surface area contributed by atoms with E-state index < -0.39 is 0 Å². The van der Waals surface area contributed by atoms with E-state index >= 15 is 0 Å². The molecule has 2 amide bonds. The van der Waals surface area contributed by atoms with Gasteiger partial charge in [-0.15, -0.1) is 0 Å². The molecule has 0 atom stereocenters. The van der Waals surface area contributed by atoms with Gasteiger partial charge in [-0.25, -0.2) is 4.98 Å². The summed E-state index contributed by atoms with van der Waals surface area (Å²) in [6.45, 7) is 0.429. The van der Waals surface area contributed by atoms with Crippen LogP contribution in [0.3, 0.4) is 0 Å². The normalized spacial score (nSPS) is 10.6. The minimum absolute atomic E-state index is 0.147. The Hall–Kier alpha value is -3.07. The zero-order valence-electron chi connectivity index (χ0n) is 14.9. The van der Waals surface area contributed by atoms with Crippen molar-refractivity contribution >= 4 is 38.6 Å². The van der Waals surface area contributed by atoms with Crippen molar-refractivity contribution in [2.24, 2.45) is 0 Å². The number of pyridine rings is 1. The van der Waals surface area contributed by atoms with Crippen molar-refractivity contribution in [3.63, 3.8) is 0 Å². The minimum atomic E-state index is -0.361. The van der Waals surface area contributed by atoms with Gasteiger partial charge in [0.05, 0.1) is 17.2 Å². The van der Waals surface area contributed by atoms with E-state index in [4.69, 9.17) is 0 Å². The monoisotopic (exact) mass is 443 g/mol. The van der Waals surface area contributed by atoms with Gasteiger partial charge in [-0.05, 0) is 35.9 Å². The number of fused-ring (bicyclic) bond motifs is 1. The molecule has 2 aromatic heterocycles. The summed E-state index contributed by atoms with van der Waals surface area (Å²) in [6, 6.07) is 8.83. The van der Waals surface area contributed by atoms with Crippen LogP contribution < -0.4 is 16.2 Å². The van der Waals surface area contributed by atoms with Crippen molar-refractivity contribution in [3.05, 3.63) is 69.4 Å². The summed E-state index contributed by atoms with van der Waals surface area (Å²) in [5.41, 5.74) is 1.22. The number of hydrogen-bond donors (Lipinski definition) is 2. The fourth-order valence-corrected chi connectivity index (χ4v) is 2.92. The van der Waals surface area contributed by atoms with Crippen LogP contribution >= 0.6 is 15.9 Å². The summed E-state index contributed by atoms with van der Waals surface area (Å²) in [6.07, 6.45) is 4.81. The summed E-state index contributed by atoms with van der Waals surface area (Å²) in [4.78, 5) is 44.5. The highest BCUT2D eigenvalue weighted by Gasteiger charge is 2.09. The van der Waals surface area contributed by atoms with Crippen molar-refractivity contribution in [3.8, 4) is 0 Å². The molecule has 0 aliphatic heterocycles. The zero-order valence-corrected chi connectivity index (χ0v) is 16.5. The quantitative estimate of drug-likeness (QED) is 0.573. The topological polar surface area (TPSA) is 106 Å². The Morgan fingerprint density at radius 2 is 1.86 bits per heavy atom. The number of nitrogens with zero attached hydrogens (tertiary/aromatic N) is 3. The van der Waals surface area contributed by atoms with Gasteiger partial charge in [0.2, 0.25) is 11.8 Å². The first kappa shape index (κ1) is 19.7. The van der Waals surface area contributed by atoms with E-state index in [0.29, 0.717) is 17.4 Å². The van der Waals surface area contributed by atoms with E-state index in [9.17, 15) is 14.4 Å². The maximum atomic E-state index is 12.5. The molecule has 0 saturated carbocycles. The Morgan fingerprint density at radius 1 is 1.07 bits per heavy atom. The van der Waals surface area contributed by atoms with E-state index in [1.54, 1.807) is 30.6 Å². The van der Waals surface area contributed by atoms with Crippen molar-refractivity contribution in [1.29, 1.82) is 0 Å². The molecule has 0 saturated heterocycles. The smallest absolute Gasteiger partial charge is 0.261 e. The third-order valence-corrected chi connectivity index (χ3v) is 4.51. The van der Waals surface area contributed by atoms with Gasteiger partial charge in [-0.2, -0.15) is 0 Å². The molecule has 1 aromatic carbocycles. The van der Waals surface area contributed by atoms with Gasteiger partial charge in [0.1, 0.15) is 6.54 Å². The number of halogens is 1. The van der Waals surface area contributed by atoms with E-state index in [0.717, 1.165) is 10.0 Å². The van der Waals surface area contributed by atoms with Gasteiger partial charge in [0, 0.05) is 36.4 Å². The van der Waals surface area contributed by atoms with Crippen LogP contribution in [0.5, 0.6) is 0 Å². The van der Waals surface area contributed by atoms with Crippen LogP contribution in [0.25, 0.3) is 10.9 Å². The predicted octanol–water partition coefficient (Wildman–Crippen LogP) is 1.38. The van der Waals surface area contributed by atoms with Crippen LogP contribution in [0.4, 0.5) is 0 Å². The SMILES string of the molecule is O=C(CCNC(=O)Cn1cnc2ccc(Br)cc2c1=O)NCc1ccncc1. The highest BCUT2D eigenvalue weighted by atomic mass is 79.9. The van der Waals surface area contributed by atoms with Crippen molar-refractivity contribution in [2.45, 2.75) is 19.5 Å². The summed E-state index contributed by atoms with van der Waals surface area (Å²) in [5.74, 6) is -0.535. The predicted molar refractivity (Wildman–Crippen MR) is 107 cm³/mol. The number of carbonyl (C=O) groups is 2. The van der Waals surface area contributed by atoms with Crippen LogP contribution in [0.15, 0.2) is 58.3 Å². The first-order chi connectivity index (χ1) is 13.5. The second-order valence-corrected chi connectivity index (χ2v) is 6.99. The van der Waals surface area contributed by atoms with Gasteiger partial charge in [0.15, 0.2) is 0 Å². The van der Waals surface area contributed by atoms with Crippen LogP contribution in [-0.4, -0.2) is 32.9 Å². The zero-order chi connectivity index (χ0) is 19.9. The van der Waals surface area contributed by atoms with Crippen LogP contribution in [0.1, 0.15) is 12.0 Å². The van der Waals surface area contributed by atoms with Crippen LogP contribution in [0, 0.1) is 0 Å². The molecule has 0 fully saturated rings. The average molecular weight is 444 g/mol. The summed E-state index contributed by atoms with van der Waals surface area (Å²) < 4.78 is 2.01. The van der Waals surface area contributed by atoms with E-state index in [2.05, 4.69) is 36.5 Å². The molecule has 8 nitrogen and oxygen atoms in total. The molecule has 0 radical (unpaired) electrons. The largest absolute Gasteiger partial charge is 0.354 e. The molecule has 3 aromatic rings. The molecule has 2 N–H and O–H groups in total. The number of aromatic nitrogens is 3. The Bertz CT molecular complexity index is 1050. The minimum Gasteiger partial charge on any atom is -0.354 e. The molecule has 9 heteroatoms. The fraction of sp³-hybridized carbons (Fsp3) is 0.211. The van der Waals surface area contributed by atoms with Crippen LogP contribution in [-0.2, 0) is 22.7 Å². The first-order valence-electron chi connectivity index (χ1n) is 8.60. The molecule has 0 aliphatic rings. The molecule has 0 bridgehead atoms. The third kappa shape index (κ3) is 5.23. The summed E-state index contributed by atoms with van der Waals surface area (Å²) in [5, 5.41) is 5.84. The number of nitrogens with one attached hydrogen (secondary N) is 2. The third-order valence-electron chi connectivity index (χ3n) is 4.01. The molecular formula is C19H18BrN5O3. The highest BCUT2D eigenvalue weighted by Crippen LogP contribution is 2.14. The Balaban J connectivity index is 1.48. The summed E-state index contributed by atoms with van der Waals surface area (Å²) >= 11 is 3.32. The molecule has 0 spiro atoms. The summed E-state index contributed by atoms with van der Waals surface area (Å²) in [7, 11) is 0. The van der Waals surface area contributed by atoms with E-state index in [1.165, 1.54) is 10.9 Å².